The van der Waals surface area contributed by atoms with Crippen LogP contribution in [0.2, 0.25) is 0 Å². The molecule has 0 radical (unpaired) electrons. The number of ether oxygens (including phenoxy) is 1. The molecule has 1 unspecified atom stereocenters. The molecule has 3 atom stereocenters. The summed E-state index contributed by atoms with van der Waals surface area (Å²) in [6.45, 7) is 4.26. The summed E-state index contributed by atoms with van der Waals surface area (Å²) in [7, 11) is 0. The van der Waals surface area contributed by atoms with E-state index >= 15 is 0 Å². The highest BCUT2D eigenvalue weighted by Gasteiger charge is 2.38. The number of hydrazine groups is 1. The number of rotatable bonds is 11. The van der Waals surface area contributed by atoms with E-state index < -0.39 is 41.9 Å². The second kappa shape index (κ2) is 13.0. The third-order valence-electron chi connectivity index (χ3n) is 5.88. The van der Waals surface area contributed by atoms with Crippen molar-refractivity contribution in [1.29, 1.82) is 0 Å². The number of carbonyl (C=O) groups excluding carboxylic acids is 4. The fourth-order valence-electron chi connectivity index (χ4n) is 4.06. The van der Waals surface area contributed by atoms with E-state index in [1.54, 1.807) is 0 Å². The van der Waals surface area contributed by atoms with E-state index in [1.165, 1.54) is 0 Å². The van der Waals surface area contributed by atoms with Gasteiger partial charge in [-0.3, -0.25) is 19.8 Å². The average Bonchev–Trinajstić information content (AvgIpc) is 3.17. The van der Waals surface area contributed by atoms with Gasteiger partial charge in [-0.2, -0.15) is 5.01 Å². The Morgan fingerprint density at radius 3 is 2.57 bits per heavy atom. The number of carbonyl (C=O) groups is 4. The van der Waals surface area contributed by atoms with Gasteiger partial charge in [-0.1, -0.05) is 56.3 Å². The van der Waals surface area contributed by atoms with Crippen LogP contribution in [0.5, 0.6) is 0 Å². The Kier molecular flexibility index (Phi) is 9.80. The summed E-state index contributed by atoms with van der Waals surface area (Å²) in [5.74, 6) is -3.14. The van der Waals surface area contributed by atoms with Gasteiger partial charge in [0.15, 0.2) is 6.29 Å². The van der Waals surface area contributed by atoms with Gasteiger partial charge in [0.1, 0.15) is 6.54 Å². The van der Waals surface area contributed by atoms with Crippen LogP contribution in [0.3, 0.4) is 0 Å². The molecule has 1 aromatic carbocycles. The van der Waals surface area contributed by atoms with Gasteiger partial charge in [-0.25, -0.2) is 15.1 Å². The Morgan fingerprint density at radius 1 is 1.17 bits per heavy atom. The van der Waals surface area contributed by atoms with Gasteiger partial charge in [0.25, 0.3) is 5.91 Å². The zero-order chi connectivity index (χ0) is 25.2. The lowest BCUT2D eigenvalue weighted by molar-refractivity contribution is -0.203. The summed E-state index contributed by atoms with van der Waals surface area (Å²) in [5, 5.41) is 3.03. The highest BCUT2D eigenvalue weighted by Crippen LogP contribution is 2.26. The van der Waals surface area contributed by atoms with E-state index in [9.17, 15) is 19.2 Å². The number of nitrogens with zero attached hydrogens (tertiary/aromatic N) is 1. The first-order chi connectivity index (χ1) is 16.8. The van der Waals surface area contributed by atoms with E-state index in [-0.39, 0.29) is 18.9 Å². The smallest absolute Gasteiger partial charge is 0.343 e. The molecule has 3 N–H and O–H groups in total. The highest BCUT2D eigenvalue weighted by molar-refractivity contribution is 6.03. The monoisotopic (exact) mass is 486 g/mol. The molecule has 2 fully saturated rings. The molecule has 1 aromatic rings. The minimum Gasteiger partial charge on any atom is -0.350 e. The van der Waals surface area contributed by atoms with Crippen molar-refractivity contribution >= 4 is 29.8 Å². The molecule has 35 heavy (non-hydrogen) atoms. The molecule has 190 valence electrons. The molecule has 5 amide bonds. The molecule has 2 saturated heterocycles. The van der Waals surface area contributed by atoms with Crippen LogP contribution in [0, 0.1) is 17.8 Å². The molecule has 0 saturated carbocycles. The first kappa shape index (κ1) is 26.4. The number of imide groups is 1. The fraction of sp³-hybridized carbons (Fsp3) is 0.520. The number of amides is 5. The van der Waals surface area contributed by atoms with Crippen molar-refractivity contribution in [3.8, 4) is 0 Å². The lowest BCUT2D eigenvalue weighted by Crippen LogP contribution is -2.51. The Labute approximate surface area is 205 Å². The zero-order valence-corrected chi connectivity index (χ0v) is 20.2. The number of hydroxylamine groups is 1. The number of benzene rings is 1. The predicted molar refractivity (Wildman–Crippen MR) is 128 cm³/mol. The molecule has 10 nitrogen and oxygen atoms in total. The van der Waals surface area contributed by atoms with E-state index in [4.69, 9.17) is 9.57 Å². The lowest BCUT2D eigenvalue weighted by atomic mass is 9.82. The molecule has 2 aliphatic heterocycles. The van der Waals surface area contributed by atoms with Gasteiger partial charge in [0.2, 0.25) is 11.8 Å². The molecule has 0 aliphatic carbocycles. The number of hydrogen-bond donors (Lipinski definition) is 3. The summed E-state index contributed by atoms with van der Waals surface area (Å²) in [6.07, 6.45) is 6.36. The topological polar surface area (TPSA) is 126 Å². The van der Waals surface area contributed by atoms with Crippen LogP contribution < -0.4 is 16.2 Å². The van der Waals surface area contributed by atoms with Gasteiger partial charge in [-0.15, -0.1) is 0 Å². The largest absolute Gasteiger partial charge is 0.350 e. The molecular weight excluding hydrogens is 452 g/mol. The van der Waals surface area contributed by atoms with Crippen molar-refractivity contribution in [2.24, 2.45) is 17.8 Å². The predicted octanol–water partition coefficient (Wildman–Crippen LogP) is 2.53. The quantitative estimate of drug-likeness (QED) is 0.326. The van der Waals surface area contributed by atoms with Crippen molar-refractivity contribution in [3.63, 3.8) is 0 Å². The number of hydrogen-bond acceptors (Lipinski definition) is 6. The van der Waals surface area contributed by atoms with E-state index in [0.717, 1.165) is 18.4 Å². The number of allylic oxidation sites excluding steroid dienone is 1. The average molecular weight is 487 g/mol. The van der Waals surface area contributed by atoms with Gasteiger partial charge in [-0.05, 0) is 37.2 Å². The van der Waals surface area contributed by atoms with Crippen molar-refractivity contribution in [2.75, 3.05) is 13.2 Å². The van der Waals surface area contributed by atoms with Gasteiger partial charge >= 0.3 is 6.03 Å². The van der Waals surface area contributed by atoms with Crippen LogP contribution >= 0.6 is 0 Å². The van der Waals surface area contributed by atoms with Crippen molar-refractivity contribution in [2.45, 2.75) is 52.2 Å². The normalized spacial score (nSPS) is 20.1. The van der Waals surface area contributed by atoms with Crippen molar-refractivity contribution in [3.05, 3.63) is 42.0 Å². The summed E-state index contributed by atoms with van der Waals surface area (Å²) < 4.78 is 5.51. The lowest BCUT2D eigenvalue weighted by Gasteiger charge is -2.28. The maximum atomic E-state index is 13.3. The molecule has 2 aliphatic rings. The molecule has 0 spiro atoms. The minimum absolute atomic E-state index is 0.0739. The Morgan fingerprint density at radius 2 is 1.94 bits per heavy atom. The maximum Gasteiger partial charge on any atom is 0.343 e. The van der Waals surface area contributed by atoms with Gasteiger partial charge in [0, 0.05) is 13.0 Å². The van der Waals surface area contributed by atoms with Gasteiger partial charge in [0.05, 0.1) is 11.8 Å². The summed E-state index contributed by atoms with van der Waals surface area (Å²) in [6, 6.07) is 8.91. The second-order valence-electron chi connectivity index (χ2n) is 9.14. The van der Waals surface area contributed by atoms with Crippen LogP contribution in [-0.4, -0.2) is 48.2 Å². The van der Waals surface area contributed by atoms with Crippen LogP contribution in [0.4, 0.5) is 4.79 Å². The van der Waals surface area contributed by atoms with Crippen molar-refractivity contribution in [1.82, 2.24) is 21.2 Å². The molecule has 3 rings (SSSR count). The van der Waals surface area contributed by atoms with Crippen LogP contribution in [0.25, 0.3) is 6.08 Å². The molecule has 2 heterocycles. The highest BCUT2D eigenvalue weighted by atomic mass is 16.8. The molecule has 0 bridgehead atoms. The Balaban J connectivity index is 1.77. The minimum atomic E-state index is -0.813. The van der Waals surface area contributed by atoms with Gasteiger partial charge < -0.3 is 10.1 Å². The number of urea groups is 1. The fourth-order valence-corrected chi connectivity index (χ4v) is 4.06. The van der Waals surface area contributed by atoms with E-state index in [2.05, 4.69) is 16.2 Å². The van der Waals surface area contributed by atoms with Crippen molar-refractivity contribution < 1.29 is 28.8 Å². The molecule has 0 aromatic heterocycles. The SMILES string of the molecule is CC(C)C[C@@H](C(=O)NN1C(=O)CNC1=O)[C@H](C/C=C/c1ccccc1)C(=O)NOC1CCCCO1. The maximum absolute atomic E-state index is 13.3. The van der Waals surface area contributed by atoms with Crippen LogP contribution in [0.1, 0.15) is 51.5 Å². The Hall–Kier alpha value is -3.24. The number of nitrogens with one attached hydrogen (secondary N) is 3. The Bertz CT molecular complexity index is 898. The van der Waals surface area contributed by atoms with Crippen LogP contribution in [-0.2, 0) is 24.0 Å². The zero-order valence-electron chi connectivity index (χ0n) is 20.2. The first-order valence-corrected chi connectivity index (χ1v) is 12.0. The summed E-state index contributed by atoms with van der Waals surface area (Å²) in [5.41, 5.74) is 5.84. The summed E-state index contributed by atoms with van der Waals surface area (Å²) in [4.78, 5) is 55.9. The standard InChI is InChI=1S/C25H34N4O6/c1-17(2)15-20(23(31)27-29-21(30)16-26-25(29)33)19(12-8-11-18-9-4-3-5-10-18)24(32)28-35-22-13-6-7-14-34-22/h3-5,8-11,17,19-20,22H,6-7,12-16H2,1-2H3,(H,26,33)(H,27,31)(H,28,32)/b11-8+/t19-,20+,22?/m0/s1. The molecule has 10 heteroatoms. The first-order valence-electron chi connectivity index (χ1n) is 12.0. The summed E-state index contributed by atoms with van der Waals surface area (Å²) >= 11 is 0. The third kappa shape index (κ3) is 7.90. The van der Waals surface area contributed by atoms with Crippen LogP contribution in [0.15, 0.2) is 36.4 Å². The van der Waals surface area contributed by atoms with E-state index in [0.29, 0.717) is 24.5 Å². The third-order valence-corrected chi connectivity index (χ3v) is 5.88. The molecular formula is C25H34N4O6. The van der Waals surface area contributed by atoms with E-state index in [1.807, 2.05) is 56.3 Å². The second-order valence-corrected chi connectivity index (χ2v) is 9.14.